The third-order valence-corrected chi connectivity index (χ3v) is 2.12. The average molecular weight is 224 g/mol. The van der Waals surface area contributed by atoms with Crippen molar-refractivity contribution in [3.8, 4) is 12.3 Å². The lowest BCUT2D eigenvalue weighted by atomic mass is 10.1. The predicted molar refractivity (Wildman–Crippen MR) is 68.0 cm³/mol. The lowest BCUT2D eigenvalue weighted by molar-refractivity contribution is -0.121. The maximum atomic E-state index is 11.5. The van der Waals surface area contributed by atoms with Crippen LogP contribution in [0.1, 0.15) is 47.0 Å². The molecule has 0 aromatic heterocycles. The van der Waals surface area contributed by atoms with Gasteiger partial charge in [-0.15, -0.1) is 6.42 Å². The molecule has 0 aliphatic rings. The van der Waals surface area contributed by atoms with Crippen LogP contribution in [0.25, 0.3) is 0 Å². The summed E-state index contributed by atoms with van der Waals surface area (Å²) in [6, 6.07) is -0.118. The quantitative estimate of drug-likeness (QED) is 0.674. The molecule has 3 heteroatoms. The molecule has 0 rings (SSSR count). The highest BCUT2D eigenvalue weighted by molar-refractivity contribution is 5.76. The summed E-state index contributed by atoms with van der Waals surface area (Å²) in [7, 11) is 0. The topological polar surface area (TPSA) is 41.1 Å². The first-order chi connectivity index (χ1) is 7.39. The molecule has 0 heterocycles. The van der Waals surface area contributed by atoms with Crippen LogP contribution in [0.2, 0.25) is 0 Å². The Morgan fingerprint density at radius 1 is 1.44 bits per heavy atom. The van der Waals surface area contributed by atoms with Crippen molar-refractivity contribution in [3.63, 3.8) is 0 Å². The summed E-state index contributed by atoms with van der Waals surface area (Å²) in [6.45, 7) is 8.96. The molecule has 0 saturated carbocycles. The third-order valence-electron chi connectivity index (χ3n) is 2.12. The lowest BCUT2D eigenvalue weighted by Gasteiger charge is -2.20. The second-order valence-corrected chi connectivity index (χ2v) is 5.00. The standard InChI is InChI=1S/C13H24N2O/c1-6-8-11(7-2)15-12(16)9-10-14-13(3,4)5/h2,11,14H,6,8-10H2,1,3-5H3,(H,15,16). The van der Waals surface area contributed by atoms with E-state index in [9.17, 15) is 4.79 Å². The summed E-state index contributed by atoms with van der Waals surface area (Å²) in [5.74, 6) is 2.61. The first kappa shape index (κ1) is 15.0. The van der Waals surface area contributed by atoms with Crippen LogP contribution in [-0.4, -0.2) is 24.0 Å². The second-order valence-electron chi connectivity index (χ2n) is 5.00. The lowest BCUT2D eigenvalue weighted by Crippen LogP contribution is -2.40. The van der Waals surface area contributed by atoms with E-state index in [1.54, 1.807) is 0 Å². The van der Waals surface area contributed by atoms with Crippen LogP contribution >= 0.6 is 0 Å². The van der Waals surface area contributed by atoms with E-state index in [1.807, 2.05) is 0 Å². The molecule has 0 aliphatic heterocycles. The minimum absolute atomic E-state index is 0.0214. The van der Waals surface area contributed by atoms with Crippen LogP contribution in [0.15, 0.2) is 0 Å². The minimum Gasteiger partial charge on any atom is -0.342 e. The molecule has 0 fully saturated rings. The van der Waals surface area contributed by atoms with Gasteiger partial charge in [0, 0.05) is 18.5 Å². The SMILES string of the molecule is C#CC(CCC)NC(=O)CCNC(C)(C)C. The molecule has 3 nitrogen and oxygen atoms in total. The van der Waals surface area contributed by atoms with Crippen molar-refractivity contribution in [1.29, 1.82) is 0 Å². The van der Waals surface area contributed by atoms with E-state index in [4.69, 9.17) is 6.42 Å². The van der Waals surface area contributed by atoms with Gasteiger partial charge in [-0.05, 0) is 27.2 Å². The van der Waals surface area contributed by atoms with Crippen molar-refractivity contribution >= 4 is 5.91 Å². The first-order valence-corrected chi connectivity index (χ1v) is 5.89. The van der Waals surface area contributed by atoms with Gasteiger partial charge in [-0.1, -0.05) is 19.3 Å². The van der Waals surface area contributed by atoms with Gasteiger partial charge in [0.15, 0.2) is 0 Å². The van der Waals surface area contributed by atoms with Crippen LogP contribution < -0.4 is 10.6 Å². The zero-order valence-corrected chi connectivity index (χ0v) is 10.9. The molecular weight excluding hydrogens is 200 g/mol. The molecular formula is C13H24N2O. The number of carbonyl (C=O) groups is 1. The molecule has 1 unspecified atom stereocenters. The maximum Gasteiger partial charge on any atom is 0.222 e. The fraction of sp³-hybridized carbons (Fsp3) is 0.769. The molecule has 92 valence electrons. The van der Waals surface area contributed by atoms with E-state index in [0.717, 1.165) is 12.8 Å². The molecule has 1 atom stereocenters. The highest BCUT2D eigenvalue weighted by Gasteiger charge is 2.11. The number of rotatable bonds is 6. The average Bonchev–Trinajstić information content (AvgIpc) is 2.15. The number of carbonyl (C=O) groups excluding carboxylic acids is 1. The van der Waals surface area contributed by atoms with Gasteiger partial charge in [-0.25, -0.2) is 0 Å². The van der Waals surface area contributed by atoms with E-state index in [-0.39, 0.29) is 17.5 Å². The predicted octanol–water partition coefficient (Wildman–Crippen LogP) is 1.68. The largest absolute Gasteiger partial charge is 0.342 e. The fourth-order valence-corrected chi connectivity index (χ4v) is 1.30. The fourth-order valence-electron chi connectivity index (χ4n) is 1.30. The highest BCUT2D eigenvalue weighted by atomic mass is 16.1. The Morgan fingerprint density at radius 3 is 2.50 bits per heavy atom. The van der Waals surface area contributed by atoms with Crippen molar-refractivity contribution in [3.05, 3.63) is 0 Å². The molecule has 0 saturated heterocycles. The highest BCUT2D eigenvalue weighted by Crippen LogP contribution is 1.99. The van der Waals surface area contributed by atoms with Gasteiger partial charge in [0.25, 0.3) is 0 Å². The van der Waals surface area contributed by atoms with Gasteiger partial charge in [-0.2, -0.15) is 0 Å². The van der Waals surface area contributed by atoms with Crippen molar-refractivity contribution in [2.45, 2.75) is 58.5 Å². The van der Waals surface area contributed by atoms with Gasteiger partial charge in [0.2, 0.25) is 5.91 Å². The Morgan fingerprint density at radius 2 is 2.06 bits per heavy atom. The monoisotopic (exact) mass is 224 g/mol. The van der Waals surface area contributed by atoms with E-state index < -0.39 is 0 Å². The Labute approximate surface area is 99.4 Å². The van der Waals surface area contributed by atoms with Crippen LogP contribution in [-0.2, 0) is 4.79 Å². The molecule has 0 radical (unpaired) electrons. The Bertz CT molecular complexity index is 248. The Kier molecular flexibility index (Phi) is 6.83. The second kappa shape index (κ2) is 7.29. The summed E-state index contributed by atoms with van der Waals surface area (Å²) in [6.07, 6.45) is 7.62. The third kappa shape index (κ3) is 8.31. The molecule has 2 N–H and O–H groups in total. The molecule has 0 bridgehead atoms. The van der Waals surface area contributed by atoms with Gasteiger partial charge in [0.05, 0.1) is 6.04 Å². The van der Waals surface area contributed by atoms with E-state index >= 15 is 0 Å². The molecule has 16 heavy (non-hydrogen) atoms. The summed E-state index contributed by atoms with van der Waals surface area (Å²) in [4.78, 5) is 11.5. The van der Waals surface area contributed by atoms with Crippen molar-refractivity contribution in [1.82, 2.24) is 10.6 Å². The minimum atomic E-state index is -0.118. The van der Waals surface area contributed by atoms with E-state index in [2.05, 4.69) is 44.2 Å². The van der Waals surface area contributed by atoms with Gasteiger partial charge >= 0.3 is 0 Å². The van der Waals surface area contributed by atoms with E-state index in [0.29, 0.717) is 13.0 Å². The normalized spacial score (nSPS) is 12.9. The van der Waals surface area contributed by atoms with Crippen LogP contribution in [0.5, 0.6) is 0 Å². The number of terminal acetylenes is 1. The number of amides is 1. The smallest absolute Gasteiger partial charge is 0.222 e. The van der Waals surface area contributed by atoms with Crippen LogP contribution in [0, 0.1) is 12.3 Å². The van der Waals surface area contributed by atoms with Crippen molar-refractivity contribution < 1.29 is 4.79 Å². The zero-order valence-electron chi connectivity index (χ0n) is 10.9. The Hall–Kier alpha value is -1.01. The molecule has 0 spiro atoms. The summed E-state index contributed by atoms with van der Waals surface area (Å²) < 4.78 is 0. The zero-order chi connectivity index (χ0) is 12.6. The summed E-state index contributed by atoms with van der Waals surface area (Å²) >= 11 is 0. The van der Waals surface area contributed by atoms with Crippen LogP contribution in [0.3, 0.4) is 0 Å². The molecule has 1 amide bonds. The summed E-state index contributed by atoms with van der Waals surface area (Å²) in [5, 5.41) is 6.10. The van der Waals surface area contributed by atoms with Crippen molar-refractivity contribution in [2.24, 2.45) is 0 Å². The van der Waals surface area contributed by atoms with Crippen molar-refractivity contribution in [2.75, 3.05) is 6.54 Å². The first-order valence-electron chi connectivity index (χ1n) is 5.89. The van der Waals surface area contributed by atoms with Gasteiger partial charge in [0.1, 0.15) is 0 Å². The molecule has 0 aliphatic carbocycles. The summed E-state index contributed by atoms with van der Waals surface area (Å²) in [5.41, 5.74) is 0.0508. The molecule has 0 aromatic rings. The van der Waals surface area contributed by atoms with Gasteiger partial charge < -0.3 is 10.6 Å². The number of hydrogen-bond donors (Lipinski definition) is 2. The number of hydrogen-bond acceptors (Lipinski definition) is 2. The molecule has 0 aromatic carbocycles. The Balaban J connectivity index is 3.78. The van der Waals surface area contributed by atoms with Crippen LogP contribution in [0.4, 0.5) is 0 Å². The number of nitrogens with one attached hydrogen (secondary N) is 2. The van der Waals surface area contributed by atoms with Gasteiger partial charge in [-0.3, -0.25) is 4.79 Å². The van der Waals surface area contributed by atoms with E-state index in [1.165, 1.54) is 0 Å². The maximum absolute atomic E-state index is 11.5.